The van der Waals surface area contributed by atoms with E-state index in [0.29, 0.717) is 5.69 Å². The predicted octanol–water partition coefficient (Wildman–Crippen LogP) is 3.03. The Hall–Kier alpha value is -1.76. The smallest absolute Gasteiger partial charge is 0.271 e. The Labute approximate surface area is 173 Å². The summed E-state index contributed by atoms with van der Waals surface area (Å²) in [7, 11) is -5.09. The third-order valence-corrected chi connectivity index (χ3v) is 9.33. The molecule has 0 radical (unpaired) electrons. The SMILES string of the molecule is CN(C)S(=O)(=O)c1csc(S(=O)(=O)Nc2ccccc2N2CCC(F)(F)CC2)c1. The maximum absolute atomic E-state index is 13.5. The average Bonchev–Trinajstić information content (AvgIpc) is 3.14. The van der Waals surface area contributed by atoms with Crippen molar-refractivity contribution in [3.05, 3.63) is 35.7 Å². The number of alkyl halides is 2. The van der Waals surface area contributed by atoms with Crippen LogP contribution in [0.4, 0.5) is 20.2 Å². The van der Waals surface area contributed by atoms with E-state index in [-0.39, 0.29) is 40.7 Å². The van der Waals surface area contributed by atoms with Crippen LogP contribution < -0.4 is 9.62 Å². The van der Waals surface area contributed by atoms with Gasteiger partial charge in [-0.15, -0.1) is 11.3 Å². The van der Waals surface area contributed by atoms with Crippen molar-refractivity contribution in [1.82, 2.24) is 4.31 Å². The highest BCUT2D eigenvalue weighted by Gasteiger charge is 2.35. The number of halogens is 2. The molecule has 160 valence electrons. The third-order valence-electron chi connectivity index (χ3n) is 4.58. The van der Waals surface area contributed by atoms with E-state index < -0.39 is 26.0 Å². The topological polar surface area (TPSA) is 86.8 Å². The van der Waals surface area contributed by atoms with Gasteiger partial charge in [-0.05, 0) is 18.2 Å². The van der Waals surface area contributed by atoms with Gasteiger partial charge in [-0.2, -0.15) is 0 Å². The van der Waals surface area contributed by atoms with Crippen LogP contribution in [-0.2, 0) is 20.0 Å². The number of nitrogens with one attached hydrogen (secondary N) is 1. The molecule has 1 fully saturated rings. The fraction of sp³-hybridized carbons (Fsp3) is 0.412. The summed E-state index contributed by atoms with van der Waals surface area (Å²) in [5, 5.41) is 1.27. The number of para-hydroxylation sites is 2. The van der Waals surface area contributed by atoms with Gasteiger partial charge in [0.1, 0.15) is 4.21 Å². The second kappa shape index (κ2) is 7.82. The minimum absolute atomic E-state index is 0.107. The lowest BCUT2D eigenvalue weighted by atomic mass is 10.1. The molecule has 12 heteroatoms. The van der Waals surface area contributed by atoms with Crippen LogP contribution >= 0.6 is 11.3 Å². The van der Waals surface area contributed by atoms with E-state index in [2.05, 4.69) is 4.72 Å². The molecule has 1 aliphatic heterocycles. The van der Waals surface area contributed by atoms with E-state index in [9.17, 15) is 25.6 Å². The first-order valence-electron chi connectivity index (χ1n) is 8.68. The monoisotopic (exact) mass is 465 g/mol. The van der Waals surface area contributed by atoms with Gasteiger partial charge in [0.25, 0.3) is 15.9 Å². The summed E-state index contributed by atoms with van der Waals surface area (Å²) in [6.07, 6.45) is -0.602. The minimum Gasteiger partial charge on any atom is -0.369 e. The van der Waals surface area contributed by atoms with E-state index in [1.54, 1.807) is 29.2 Å². The maximum Gasteiger partial charge on any atom is 0.271 e. The highest BCUT2D eigenvalue weighted by Crippen LogP contribution is 2.35. The zero-order valence-corrected chi connectivity index (χ0v) is 18.3. The predicted molar refractivity (Wildman–Crippen MR) is 109 cm³/mol. The molecule has 1 aromatic carbocycles. The lowest BCUT2D eigenvalue weighted by molar-refractivity contribution is -0.0220. The summed E-state index contributed by atoms with van der Waals surface area (Å²) in [4.78, 5) is 1.60. The van der Waals surface area contributed by atoms with Crippen LogP contribution in [0.1, 0.15) is 12.8 Å². The lowest BCUT2D eigenvalue weighted by Crippen LogP contribution is -2.39. The minimum atomic E-state index is -4.05. The van der Waals surface area contributed by atoms with Crippen molar-refractivity contribution in [2.45, 2.75) is 27.9 Å². The molecule has 0 amide bonds. The van der Waals surface area contributed by atoms with Crippen molar-refractivity contribution in [2.75, 3.05) is 36.8 Å². The van der Waals surface area contributed by atoms with Crippen molar-refractivity contribution < 1.29 is 25.6 Å². The van der Waals surface area contributed by atoms with Gasteiger partial charge in [-0.25, -0.2) is 29.9 Å². The zero-order valence-electron chi connectivity index (χ0n) is 15.8. The largest absolute Gasteiger partial charge is 0.369 e. The van der Waals surface area contributed by atoms with Gasteiger partial charge < -0.3 is 4.90 Å². The highest BCUT2D eigenvalue weighted by molar-refractivity contribution is 7.95. The first-order valence-corrected chi connectivity index (χ1v) is 12.5. The number of hydrogen-bond acceptors (Lipinski definition) is 6. The highest BCUT2D eigenvalue weighted by atomic mass is 32.2. The van der Waals surface area contributed by atoms with Crippen LogP contribution in [-0.4, -0.2) is 54.2 Å². The molecule has 0 atom stereocenters. The van der Waals surface area contributed by atoms with Gasteiger partial charge >= 0.3 is 0 Å². The molecule has 7 nitrogen and oxygen atoms in total. The molecule has 2 heterocycles. The molecule has 0 aliphatic carbocycles. The summed E-state index contributed by atoms with van der Waals surface area (Å²) in [5.74, 6) is -2.71. The van der Waals surface area contributed by atoms with Crippen molar-refractivity contribution in [2.24, 2.45) is 0 Å². The zero-order chi connectivity index (χ0) is 21.4. The van der Waals surface area contributed by atoms with Crippen LogP contribution in [0, 0.1) is 0 Å². The number of benzene rings is 1. The molecule has 0 unspecified atom stereocenters. The quantitative estimate of drug-likeness (QED) is 0.709. The Kier molecular flexibility index (Phi) is 5.91. The van der Waals surface area contributed by atoms with Gasteiger partial charge in [-0.1, -0.05) is 12.1 Å². The fourth-order valence-electron chi connectivity index (χ4n) is 2.89. The Balaban J connectivity index is 1.86. The molecule has 1 aliphatic rings. The summed E-state index contributed by atoms with van der Waals surface area (Å²) in [5.41, 5.74) is 0.757. The molecular weight excluding hydrogens is 444 g/mol. The molecule has 0 bridgehead atoms. The number of thiophene rings is 1. The molecule has 29 heavy (non-hydrogen) atoms. The summed E-state index contributed by atoms with van der Waals surface area (Å²) in [6, 6.07) is 7.65. The third kappa shape index (κ3) is 4.71. The van der Waals surface area contributed by atoms with Crippen molar-refractivity contribution in [3.8, 4) is 0 Å². The van der Waals surface area contributed by atoms with E-state index in [4.69, 9.17) is 0 Å². The van der Waals surface area contributed by atoms with Crippen molar-refractivity contribution >= 4 is 42.8 Å². The number of rotatable bonds is 6. The van der Waals surface area contributed by atoms with E-state index in [1.807, 2.05) is 0 Å². The van der Waals surface area contributed by atoms with E-state index in [1.165, 1.54) is 19.5 Å². The number of sulfonamides is 2. The van der Waals surface area contributed by atoms with Gasteiger partial charge in [-0.3, -0.25) is 4.72 Å². The number of anilines is 2. The lowest BCUT2D eigenvalue weighted by Gasteiger charge is -2.34. The first-order chi connectivity index (χ1) is 13.4. The number of nitrogens with zero attached hydrogens (tertiary/aromatic N) is 2. The van der Waals surface area contributed by atoms with Crippen LogP contribution in [0.25, 0.3) is 0 Å². The Morgan fingerprint density at radius 3 is 2.34 bits per heavy atom. The normalized spacial score (nSPS) is 17.5. The average molecular weight is 466 g/mol. The van der Waals surface area contributed by atoms with Crippen molar-refractivity contribution in [3.63, 3.8) is 0 Å². The molecule has 1 aromatic heterocycles. The number of hydrogen-bond donors (Lipinski definition) is 1. The molecule has 0 spiro atoms. The van der Waals surface area contributed by atoms with E-state index >= 15 is 0 Å². The van der Waals surface area contributed by atoms with Gasteiger partial charge in [0, 0.05) is 45.4 Å². The van der Waals surface area contributed by atoms with Crippen LogP contribution in [0.15, 0.2) is 44.8 Å². The van der Waals surface area contributed by atoms with Crippen LogP contribution in [0.2, 0.25) is 0 Å². The maximum atomic E-state index is 13.5. The summed E-state index contributed by atoms with van der Waals surface area (Å²) in [6.45, 7) is 0.214. The first kappa shape index (κ1) is 21.9. The number of piperidine rings is 1. The second-order valence-electron chi connectivity index (χ2n) is 6.85. The summed E-state index contributed by atoms with van der Waals surface area (Å²) < 4.78 is 80.2. The Bertz CT molecular complexity index is 1090. The van der Waals surface area contributed by atoms with Crippen LogP contribution in [0.5, 0.6) is 0 Å². The standard InChI is InChI=1S/C17H21F2N3O4S3/c1-21(2)29(25,26)13-11-16(27-12-13)28(23,24)20-14-5-3-4-6-15(14)22-9-7-17(18,19)8-10-22/h3-6,11-12,20H,7-10H2,1-2H3. The van der Waals surface area contributed by atoms with Gasteiger partial charge in [0.05, 0.1) is 16.3 Å². The molecule has 1 N–H and O–H groups in total. The van der Waals surface area contributed by atoms with Crippen LogP contribution in [0.3, 0.4) is 0 Å². The molecule has 1 saturated heterocycles. The Morgan fingerprint density at radius 2 is 1.72 bits per heavy atom. The Morgan fingerprint density at radius 1 is 1.10 bits per heavy atom. The fourth-order valence-corrected chi connectivity index (χ4v) is 6.48. The van der Waals surface area contributed by atoms with Crippen molar-refractivity contribution in [1.29, 1.82) is 0 Å². The van der Waals surface area contributed by atoms with Gasteiger partial charge in [0.2, 0.25) is 10.0 Å². The molecule has 3 rings (SSSR count). The molecular formula is C17H21F2N3O4S3. The van der Waals surface area contributed by atoms with Gasteiger partial charge in [0.15, 0.2) is 0 Å². The summed E-state index contributed by atoms with van der Waals surface area (Å²) >= 11 is 0.792. The molecule has 0 saturated carbocycles. The van der Waals surface area contributed by atoms with E-state index in [0.717, 1.165) is 21.7 Å². The molecule has 2 aromatic rings. The second-order valence-corrected chi connectivity index (χ2v) is 11.8.